The standard InChI is InChI=1S/C47H34N2.2C44H30N2/c1-47(2)40-26-16-15-25-36(40)37-28-27-35(29-41(37)47)38-30-39(31-17-7-3-8-18-31)45-46(42(38)32-19-9-4-10-20-32)49-44(34-23-13-6-14-24-34)43(48-45)33-21-11-5-12-22-33;1-6-18-31(19-7-1)36-28-16-17-29-37(36)39-30-38(32-20-8-2-9-21-32)43-44(40(39)33-22-10-3-11-23-33)46-42(35-26-14-5-15-27-35)41(45-43)34-24-12-4-13-25-34;1-6-17-31(18-7-1)36-27-16-28-37(29-36)38-30-39(32-19-8-2-9-20-32)43-44(40(38)33-21-10-3-11-22-33)46-42(35-25-14-5-15-26-35)41(45-43)34-23-12-4-13-24-34/h3-30H,1-2H3;2*1-30H. The van der Waals surface area contributed by atoms with Gasteiger partial charge in [-0.05, 0) is 142 Å². The maximum absolute atomic E-state index is 5.64. The minimum atomic E-state index is -0.112. The van der Waals surface area contributed by atoms with Crippen LogP contribution in [-0.4, -0.2) is 29.9 Å². The van der Waals surface area contributed by atoms with Crippen molar-refractivity contribution in [2.75, 3.05) is 0 Å². The second-order valence-electron chi connectivity index (χ2n) is 36.1. The van der Waals surface area contributed by atoms with E-state index in [4.69, 9.17) is 29.9 Å². The van der Waals surface area contributed by atoms with Gasteiger partial charge in [0.05, 0.1) is 67.3 Å². The Morgan fingerprint density at radius 1 is 0.121 bits per heavy atom. The number of fused-ring (bicyclic) bond motifs is 6. The van der Waals surface area contributed by atoms with E-state index >= 15 is 0 Å². The van der Waals surface area contributed by atoms with Crippen LogP contribution in [0, 0.1) is 0 Å². The molecule has 141 heavy (non-hydrogen) atoms. The fourth-order valence-electron chi connectivity index (χ4n) is 20.2. The molecule has 6 nitrogen and oxygen atoms in total. The molecule has 24 aromatic rings. The highest BCUT2D eigenvalue weighted by atomic mass is 14.9. The van der Waals surface area contributed by atoms with Gasteiger partial charge >= 0.3 is 0 Å². The lowest BCUT2D eigenvalue weighted by Crippen LogP contribution is -2.14. The quantitative estimate of drug-likeness (QED) is 0.0904. The number of benzene rings is 21. The Morgan fingerprint density at radius 2 is 0.340 bits per heavy atom. The van der Waals surface area contributed by atoms with Gasteiger partial charge in [0.15, 0.2) is 0 Å². The fraction of sp³-hybridized carbons (Fsp3) is 0.0222. The minimum Gasteiger partial charge on any atom is -0.243 e. The lowest BCUT2D eigenvalue weighted by Gasteiger charge is -2.23. The fourth-order valence-corrected chi connectivity index (χ4v) is 20.2. The lowest BCUT2D eigenvalue weighted by molar-refractivity contribution is 0.660. The molecule has 21 aromatic carbocycles. The largest absolute Gasteiger partial charge is 0.243 e. The number of hydrogen-bond donors (Lipinski definition) is 0. The van der Waals surface area contributed by atoms with Gasteiger partial charge in [-0.1, -0.05) is 517 Å². The Bertz CT molecular complexity index is 8630. The average molecular weight is 1800 g/mol. The van der Waals surface area contributed by atoms with Crippen molar-refractivity contribution in [1.82, 2.24) is 29.9 Å². The third kappa shape index (κ3) is 17.1. The molecule has 0 saturated heterocycles. The van der Waals surface area contributed by atoms with E-state index in [9.17, 15) is 0 Å². The summed E-state index contributed by atoms with van der Waals surface area (Å²) in [5.41, 5.74) is 46.6. The third-order valence-electron chi connectivity index (χ3n) is 27.0. The van der Waals surface area contributed by atoms with Gasteiger partial charge < -0.3 is 0 Å². The number of rotatable bonds is 17. The monoisotopic (exact) mass is 1800 g/mol. The van der Waals surface area contributed by atoms with Crippen LogP contribution >= 0.6 is 0 Å². The van der Waals surface area contributed by atoms with Crippen LogP contribution in [0.15, 0.2) is 534 Å². The second kappa shape index (κ2) is 38.8. The topological polar surface area (TPSA) is 77.3 Å². The molecule has 0 amide bonds. The van der Waals surface area contributed by atoms with Gasteiger partial charge in [0.25, 0.3) is 0 Å². The highest BCUT2D eigenvalue weighted by molar-refractivity contribution is 6.13. The van der Waals surface area contributed by atoms with Crippen LogP contribution in [0.1, 0.15) is 25.0 Å². The molecule has 3 heterocycles. The van der Waals surface area contributed by atoms with E-state index in [2.05, 4.69) is 517 Å². The molecule has 664 valence electrons. The van der Waals surface area contributed by atoms with Crippen LogP contribution < -0.4 is 0 Å². The van der Waals surface area contributed by atoms with Gasteiger partial charge in [-0.2, -0.15) is 0 Å². The number of nitrogens with zero attached hydrogens (tertiary/aromatic N) is 6. The smallest absolute Gasteiger partial charge is 0.0985 e. The predicted octanol–water partition coefficient (Wildman–Crippen LogP) is 35.5. The summed E-state index contributed by atoms with van der Waals surface area (Å²) < 4.78 is 0. The maximum Gasteiger partial charge on any atom is 0.0985 e. The maximum atomic E-state index is 5.64. The summed E-state index contributed by atoms with van der Waals surface area (Å²) >= 11 is 0. The van der Waals surface area contributed by atoms with Crippen molar-refractivity contribution >= 4 is 33.1 Å². The Balaban J connectivity index is 0.000000118. The molecule has 0 unspecified atom stereocenters. The summed E-state index contributed by atoms with van der Waals surface area (Å²) in [6.45, 7) is 4.69. The predicted molar refractivity (Wildman–Crippen MR) is 589 cm³/mol. The molecule has 1 aliphatic carbocycles. The number of hydrogen-bond acceptors (Lipinski definition) is 6. The molecular formula is C135H94N6. The van der Waals surface area contributed by atoms with E-state index in [0.29, 0.717) is 0 Å². The van der Waals surface area contributed by atoms with Gasteiger partial charge in [-0.15, -0.1) is 0 Å². The molecule has 25 rings (SSSR count). The Labute approximate surface area is 822 Å². The average Bonchev–Trinajstić information content (AvgIpc) is 1.69. The van der Waals surface area contributed by atoms with Crippen LogP contribution in [0.2, 0.25) is 0 Å². The molecule has 1 aliphatic rings. The van der Waals surface area contributed by atoms with E-state index in [1.807, 2.05) is 30.3 Å². The van der Waals surface area contributed by atoms with Crippen molar-refractivity contribution < 1.29 is 0 Å². The third-order valence-corrected chi connectivity index (χ3v) is 27.0. The first kappa shape index (κ1) is 86.7. The SMILES string of the molecule is CC1(C)c2ccccc2-c2ccc(-c3cc(-c4ccccc4)c4nc(-c5ccccc5)c(-c5ccccc5)nc4c3-c3ccccc3)cc21.c1ccc(-c2cccc(-c3cc(-c4ccccc4)c4nc(-c5ccccc5)c(-c5ccccc5)nc4c3-c3ccccc3)c2)cc1.c1ccc(-c2ccccc2-c2cc(-c3ccccc3)c3nc(-c4ccccc4)c(-c4ccccc4)nc3c2-c2ccccc2)cc1. The van der Waals surface area contributed by atoms with Crippen molar-refractivity contribution in [1.29, 1.82) is 0 Å². The van der Waals surface area contributed by atoms with Crippen LogP contribution in [0.5, 0.6) is 0 Å². The van der Waals surface area contributed by atoms with E-state index in [1.54, 1.807) is 0 Å². The van der Waals surface area contributed by atoms with Crippen molar-refractivity contribution in [2.45, 2.75) is 19.3 Å². The Hall–Kier alpha value is -18.4. The highest BCUT2D eigenvalue weighted by Crippen LogP contribution is 2.54. The zero-order valence-corrected chi connectivity index (χ0v) is 78.0. The van der Waals surface area contributed by atoms with Gasteiger partial charge in [0.1, 0.15) is 0 Å². The van der Waals surface area contributed by atoms with E-state index in [-0.39, 0.29) is 5.41 Å². The molecule has 0 aliphatic heterocycles. The summed E-state index contributed by atoms with van der Waals surface area (Å²) in [7, 11) is 0. The molecule has 0 fully saturated rings. The first-order chi connectivity index (χ1) is 69.8. The van der Waals surface area contributed by atoms with Crippen molar-refractivity contribution in [2.24, 2.45) is 0 Å². The summed E-state index contributed by atoms with van der Waals surface area (Å²) in [4.78, 5) is 33.5. The molecule has 3 aromatic heterocycles. The van der Waals surface area contributed by atoms with Crippen molar-refractivity contribution in [3.8, 4) is 201 Å². The van der Waals surface area contributed by atoms with Crippen molar-refractivity contribution in [3.05, 3.63) is 545 Å². The zero-order valence-electron chi connectivity index (χ0n) is 78.0. The van der Waals surface area contributed by atoms with E-state index in [1.165, 1.54) is 50.1 Å². The van der Waals surface area contributed by atoms with Gasteiger partial charge in [0.2, 0.25) is 0 Å². The molecule has 0 bridgehead atoms. The Kier molecular flexibility index (Phi) is 23.9. The Morgan fingerprint density at radius 3 is 0.667 bits per heavy atom. The molecule has 0 N–H and O–H groups in total. The molecular weight excluding hydrogens is 1710 g/mol. The summed E-state index contributed by atoms with van der Waals surface area (Å²) in [6, 6.07) is 188. The van der Waals surface area contributed by atoms with E-state index in [0.717, 1.165) is 195 Å². The van der Waals surface area contributed by atoms with Crippen LogP contribution in [0.4, 0.5) is 0 Å². The first-order valence-corrected chi connectivity index (χ1v) is 48.1. The molecule has 0 atom stereocenters. The summed E-state index contributed by atoms with van der Waals surface area (Å²) in [5, 5.41) is 0. The van der Waals surface area contributed by atoms with Gasteiger partial charge in [0, 0.05) is 72.2 Å². The van der Waals surface area contributed by atoms with Gasteiger partial charge in [-0.25, -0.2) is 29.9 Å². The molecule has 6 heteroatoms. The first-order valence-electron chi connectivity index (χ1n) is 48.1. The van der Waals surface area contributed by atoms with Crippen molar-refractivity contribution in [3.63, 3.8) is 0 Å². The van der Waals surface area contributed by atoms with E-state index < -0.39 is 0 Å². The number of aromatic nitrogens is 6. The van der Waals surface area contributed by atoms with Crippen LogP contribution in [0.3, 0.4) is 0 Å². The second-order valence-corrected chi connectivity index (χ2v) is 36.1. The minimum absolute atomic E-state index is 0.112. The van der Waals surface area contributed by atoms with Crippen LogP contribution in [-0.2, 0) is 5.41 Å². The molecule has 0 saturated carbocycles. The normalized spacial score (nSPS) is 11.7. The molecule has 0 radical (unpaired) electrons. The molecule has 0 spiro atoms. The summed E-state index contributed by atoms with van der Waals surface area (Å²) in [6.07, 6.45) is 0. The zero-order chi connectivity index (χ0) is 94.4. The van der Waals surface area contributed by atoms with Gasteiger partial charge in [-0.3, -0.25) is 0 Å². The lowest BCUT2D eigenvalue weighted by atomic mass is 9.81. The van der Waals surface area contributed by atoms with Crippen LogP contribution in [0.25, 0.3) is 234 Å². The highest BCUT2D eigenvalue weighted by Gasteiger charge is 2.37. The summed E-state index contributed by atoms with van der Waals surface area (Å²) in [5.74, 6) is 0.